The van der Waals surface area contributed by atoms with Gasteiger partial charge in [-0.3, -0.25) is 0 Å². The average molecular weight is 495 g/mol. The van der Waals surface area contributed by atoms with Gasteiger partial charge in [-0.25, -0.2) is 0 Å². The third-order valence-electron chi connectivity index (χ3n) is 5.76. The second-order valence-electron chi connectivity index (χ2n) is 7.93. The Morgan fingerprint density at radius 1 is 1.12 bits per heavy atom. The van der Waals surface area contributed by atoms with Crippen LogP contribution in [0.25, 0.3) is 0 Å². The molecule has 1 saturated heterocycles. The smallest absolute Gasteiger partial charge is 0.228 e. The standard InChI is InChI=1S/C25H31ClO8/c1-4-10-33-20-13-19(26)16(11-15-6-8-17(9-7-15)32-5-2)12-18(20)25(31-3)24(30)23(29)22(28)21(14-27)34-25/h4,6-9,12-13,21-24,27-30H,1,5,10-11,14H2,2-3H3. The van der Waals surface area contributed by atoms with Crippen molar-refractivity contribution < 1.29 is 39.4 Å². The van der Waals surface area contributed by atoms with Crippen molar-refractivity contribution in [3.8, 4) is 11.5 Å². The fourth-order valence-corrected chi connectivity index (χ4v) is 4.23. The Morgan fingerprint density at radius 3 is 2.41 bits per heavy atom. The van der Waals surface area contributed by atoms with Crippen molar-refractivity contribution in [2.75, 3.05) is 26.9 Å². The molecule has 0 spiro atoms. The van der Waals surface area contributed by atoms with Crippen molar-refractivity contribution in [1.29, 1.82) is 0 Å². The van der Waals surface area contributed by atoms with Crippen molar-refractivity contribution in [3.05, 3.63) is 70.8 Å². The third kappa shape index (κ3) is 5.23. The number of methoxy groups -OCH3 is 1. The Labute approximate surface area is 203 Å². The van der Waals surface area contributed by atoms with Crippen molar-refractivity contribution in [1.82, 2.24) is 0 Å². The predicted molar refractivity (Wildman–Crippen MR) is 126 cm³/mol. The lowest BCUT2D eigenvalue weighted by Gasteiger charge is -2.48. The fraction of sp³-hybridized carbons (Fsp3) is 0.440. The normalized spacial score (nSPS) is 26.8. The quantitative estimate of drug-likeness (QED) is 0.371. The number of halogens is 1. The molecule has 5 atom stereocenters. The summed E-state index contributed by atoms with van der Waals surface area (Å²) < 4.78 is 22.7. The molecule has 8 nitrogen and oxygen atoms in total. The van der Waals surface area contributed by atoms with Crippen molar-refractivity contribution in [2.24, 2.45) is 0 Å². The molecule has 34 heavy (non-hydrogen) atoms. The van der Waals surface area contributed by atoms with Crippen LogP contribution in [0, 0.1) is 0 Å². The fourth-order valence-electron chi connectivity index (χ4n) is 4.01. The summed E-state index contributed by atoms with van der Waals surface area (Å²) in [7, 11) is 1.29. The first-order valence-electron chi connectivity index (χ1n) is 11.0. The van der Waals surface area contributed by atoms with E-state index in [9.17, 15) is 20.4 Å². The number of aliphatic hydroxyl groups excluding tert-OH is 4. The highest BCUT2D eigenvalue weighted by molar-refractivity contribution is 6.31. The van der Waals surface area contributed by atoms with Crippen LogP contribution in [-0.4, -0.2) is 71.8 Å². The molecule has 5 unspecified atom stereocenters. The van der Waals surface area contributed by atoms with Crippen LogP contribution in [0.15, 0.2) is 49.1 Å². The van der Waals surface area contributed by atoms with E-state index in [0.29, 0.717) is 23.6 Å². The van der Waals surface area contributed by atoms with Gasteiger partial charge in [-0.05, 0) is 48.7 Å². The largest absolute Gasteiger partial charge is 0.494 e. The van der Waals surface area contributed by atoms with Crippen molar-refractivity contribution in [3.63, 3.8) is 0 Å². The van der Waals surface area contributed by atoms with E-state index in [1.54, 1.807) is 12.1 Å². The van der Waals surface area contributed by atoms with E-state index in [1.165, 1.54) is 13.2 Å². The van der Waals surface area contributed by atoms with Crippen LogP contribution in [0.4, 0.5) is 0 Å². The van der Waals surface area contributed by atoms with Crippen molar-refractivity contribution in [2.45, 2.75) is 43.5 Å². The molecule has 0 aromatic heterocycles. The molecule has 4 N–H and O–H groups in total. The molecule has 0 saturated carbocycles. The van der Waals surface area contributed by atoms with Crippen LogP contribution in [0.2, 0.25) is 5.02 Å². The second-order valence-corrected chi connectivity index (χ2v) is 8.34. The molecule has 9 heteroatoms. The first-order chi connectivity index (χ1) is 16.3. The van der Waals surface area contributed by atoms with Gasteiger partial charge in [0.2, 0.25) is 5.79 Å². The first-order valence-corrected chi connectivity index (χ1v) is 11.3. The van der Waals surface area contributed by atoms with E-state index >= 15 is 0 Å². The van der Waals surface area contributed by atoms with E-state index in [2.05, 4.69) is 6.58 Å². The van der Waals surface area contributed by atoms with Gasteiger partial charge in [0.25, 0.3) is 0 Å². The maximum atomic E-state index is 10.9. The highest BCUT2D eigenvalue weighted by Gasteiger charge is 2.56. The van der Waals surface area contributed by atoms with Crippen LogP contribution >= 0.6 is 11.6 Å². The summed E-state index contributed by atoms with van der Waals surface area (Å²) >= 11 is 6.58. The number of hydrogen-bond acceptors (Lipinski definition) is 8. The highest BCUT2D eigenvalue weighted by atomic mass is 35.5. The van der Waals surface area contributed by atoms with Crippen LogP contribution < -0.4 is 9.47 Å². The Bertz CT molecular complexity index is 964. The van der Waals surface area contributed by atoms with Gasteiger partial charge in [0.05, 0.1) is 18.8 Å². The molecule has 0 radical (unpaired) electrons. The summed E-state index contributed by atoms with van der Waals surface area (Å²) in [6, 6.07) is 10.8. The van der Waals surface area contributed by atoms with E-state index in [1.807, 2.05) is 31.2 Å². The summed E-state index contributed by atoms with van der Waals surface area (Å²) in [4.78, 5) is 0. The Kier molecular flexibility index (Phi) is 8.95. The zero-order chi connectivity index (χ0) is 24.9. The van der Waals surface area contributed by atoms with Gasteiger partial charge in [-0.1, -0.05) is 36.4 Å². The molecule has 1 fully saturated rings. The van der Waals surface area contributed by atoms with Gasteiger partial charge in [-0.2, -0.15) is 0 Å². The van der Waals surface area contributed by atoms with Crippen molar-refractivity contribution >= 4 is 11.6 Å². The van der Waals surface area contributed by atoms with Crippen LogP contribution in [0.1, 0.15) is 23.6 Å². The van der Waals surface area contributed by atoms with Crippen LogP contribution in [0.3, 0.4) is 0 Å². The third-order valence-corrected chi connectivity index (χ3v) is 6.11. The number of rotatable bonds is 10. The molecule has 2 aromatic rings. The SMILES string of the molecule is C=CCOc1cc(Cl)c(Cc2ccc(OCC)cc2)cc1C1(OC)OC(CO)C(O)C(O)C1O. The van der Waals surface area contributed by atoms with Gasteiger partial charge in [-0.15, -0.1) is 0 Å². The Hall–Kier alpha value is -2.17. The van der Waals surface area contributed by atoms with E-state index in [-0.39, 0.29) is 17.9 Å². The summed E-state index contributed by atoms with van der Waals surface area (Å²) in [5.41, 5.74) is 1.88. The number of benzene rings is 2. The molecule has 3 rings (SSSR count). The topological polar surface area (TPSA) is 118 Å². The molecule has 0 bridgehead atoms. The monoisotopic (exact) mass is 494 g/mol. The Balaban J connectivity index is 2.08. The Morgan fingerprint density at radius 2 is 1.82 bits per heavy atom. The summed E-state index contributed by atoms with van der Waals surface area (Å²) in [5.74, 6) is -0.951. The lowest BCUT2D eigenvalue weighted by atomic mass is 9.86. The molecule has 0 amide bonds. The second kappa shape index (κ2) is 11.5. The lowest BCUT2D eigenvalue weighted by molar-refractivity contribution is -0.366. The van der Waals surface area contributed by atoms with Crippen LogP contribution in [0.5, 0.6) is 11.5 Å². The van der Waals surface area contributed by atoms with E-state index in [0.717, 1.165) is 11.3 Å². The minimum atomic E-state index is -1.94. The minimum absolute atomic E-state index is 0.131. The molecule has 1 heterocycles. The highest BCUT2D eigenvalue weighted by Crippen LogP contribution is 2.45. The molecular formula is C25H31ClO8. The molecule has 1 aliphatic rings. The zero-order valence-electron chi connectivity index (χ0n) is 19.2. The zero-order valence-corrected chi connectivity index (χ0v) is 19.9. The lowest BCUT2D eigenvalue weighted by Crippen LogP contribution is -2.64. The maximum Gasteiger partial charge on any atom is 0.228 e. The molecule has 0 aliphatic carbocycles. The van der Waals surface area contributed by atoms with Gasteiger partial charge in [0.1, 0.15) is 42.5 Å². The average Bonchev–Trinajstić information content (AvgIpc) is 2.84. The first kappa shape index (κ1) is 26.4. The van der Waals surface area contributed by atoms with E-state index < -0.39 is 36.8 Å². The van der Waals surface area contributed by atoms with E-state index in [4.69, 9.17) is 30.5 Å². The summed E-state index contributed by atoms with van der Waals surface area (Å²) in [6.45, 7) is 5.65. The summed E-state index contributed by atoms with van der Waals surface area (Å²) in [5, 5.41) is 41.8. The maximum absolute atomic E-state index is 10.9. The van der Waals surface area contributed by atoms with Crippen LogP contribution in [-0.2, 0) is 21.7 Å². The minimum Gasteiger partial charge on any atom is -0.494 e. The molecule has 1 aliphatic heterocycles. The number of aliphatic hydroxyl groups is 4. The summed E-state index contributed by atoms with van der Waals surface area (Å²) in [6.07, 6.45) is -4.10. The van der Waals surface area contributed by atoms with Gasteiger partial charge < -0.3 is 39.4 Å². The number of hydrogen-bond donors (Lipinski definition) is 4. The predicted octanol–water partition coefficient (Wildman–Crippen LogP) is 2.17. The van der Waals surface area contributed by atoms with Gasteiger partial charge >= 0.3 is 0 Å². The molecule has 2 aromatic carbocycles. The molecular weight excluding hydrogens is 464 g/mol. The number of ether oxygens (including phenoxy) is 4. The molecule has 186 valence electrons. The van der Waals surface area contributed by atoms with Gasteiger partial charge in [0, 0.05) is 12.1 Å². The van der Waals surface area contributed by atoms with Gasteiger partial charge in [0.15, 0.2) is 0 Å².